The summed E-state index contributed by atoms with van der Waals surface area (Å²) >= 11 is 11.8. The first-order valence-electron chi connectivity index (χ1n) is 7.64. The molecule has 2 aromatic rings. The van der Waals surface area contributed by atoms with Gasteiger partial charge in [0.2, 0.25) is 0 Å². The normalized spacial score (nSPS) is 10.7. The van der Waals surface area contributed by atoms with E-state index in [1.807, 2.05) is 0 Å². The van der Waals surface area contributed by atoms with Crippen molar-refractivity contribution in [2.24, 2.45) is 0 Å². The molecule has 0 spiro atoms. The summed E-state index contributed by atoms with van der Waals surface area (Å²) in [5, 5.41) is 12.5. The Kier molecular flexibility index (Phi) is 7.04. The molecule has 0 aliphatic heterocycles. The van der Waals surface area contributed by atoms with Crippen molar-refractivity contribution in [1.82, 2.24) is 4.98 Å². The predicted molar refractivity (Wildman–Crippen MR) is 102 cm³/mol. The summed E-state index contributed by atoms with van der Waals surface area (Å²) in [7, 11) is 1.42. The van der Waals surface area contributed by atoms with Gasteiger partial charge in [-0.25, -0.2) is 9.78 Å². The molecule has 0 radical (unpaired) electrons. The number of esters is 1. The van der Waals surface area contributed by atoms with Crippen LogP contribution >= 0.6 is 23.2 Å². The highest BCUT2D eigenvalue weighted by molar-refractivity contribution is 6.36. The van der Waals surface area contributed by atoms with Crippen LogP contribution in [0.1, 0.15) is 11.3 Å². The third-order valence-corrected chi connectivity index (χ3v) is 3.99. The molecule has 1 aromatic carbocycles. The van der Waals surface area contributed by atoms with Crippen LogP contribution in [0, 0.1) is 6.92 Å². The number of hydrogen-bond acceptors (Lipinski definition) is 6. The summed E-state index contributed by atoms with van der Waals surface area (Å²) in [5.41, 5.74) is 1.11. The molecule has 1 heterocycles. The third-order valence-electron chi connectivity index (χ3n) is 3.32. The number of aromatic nitrogens is 1. The van der Waals surface area contributed by atoms with Crippen molar-refractivity contribution in [2.45, 2.75) is 6.92 Å². The Labute approximate surface area is 165 Å². The van der Waals surface area contributed by atoms with Crippen molar-refractivity contribution in [2.75, 3.05) is 19.0 Å². The van der Waals surface area contributed by atoms with E-state index in [0.717, 1.165) is 6.08 Å². The molecule has 0 bridgehead atoms. The number of anilines is 1. The minimum atomic E-state index is -0.719. The lowest BCUT2D eigenvalue weighted by molar-refractivity contribution is -0.142. The van der Waals surface area contributed by atoms with Gasteiger partial charge in [-0.15, -0.1) is 0 Å². The number of nitrogens with zero attached hydrogens (tertiary/aromatic N) is 1. The number of hydrogen-bond donors (Lipinski definition) is 2. The third kappa shape index (κ3) is 5.87. The van der Waals surface area contributed by atoms with Gasteiger partial charge in [0.05, 0.1) is 22.8 Å². The first kappa shape index (κ1) is 20.5. The van der Waals surface area contributed by atoms with E-state index in [0.29, 0.717) is 16.3 Å². The molecule has 1 aromatic heterocycles. The number of carbonyl (C=O) groups excluding carboxylic acids is 2. The molecule has 0 atom stereocenters. The van der Waals surface area contributed by atoms with E-state index in [1.54, 1.807) is 19.1 Å². The number of aromatic hydroxyl groups is 1. The second-order valence-corrected chi connectivity index (χ2v) is 6.12. The number of phenolic OH excluding ortho intramolecular Hbond substituents is 1. The zero-order valence-electron chi connectivity index (χ0n) is 14.5. The van der Waals surface area contributed by atoms with Crippen molar-refractivity contribution >= 4 is 47.0 Å². The van der Waals surface area contributed by atoms with Gasteiger partial charge in [0, 0.05) is 6.08 Å². The smallest absolute Gasteiger partial charge is 0.331 e. The van der Waals surface area contributed by atoms with Gasteiger partial charge in [-0.3, -0.25) is 4.79 Å². The number of halogens is 2. The monoisotopic (exact) mass is 410 g/mol. The van der Waals surface area contributed by atoms with Crippen LogP contribution in [-0.2, 0) is 14.3 Å². The number of carbonyl (C=O) groups is 2. The molecule has 0 aliphatic rings. The summed E-state index contributed by atoms with van der Waals surface area (Å²) in [6, 6.07) is 6.02. The van der Waals surface area contributed by atoms with Gasteiger partial charge in [0.1, 0.15) is 0 Å². The van der Waals surface area contributed by atoms with Gasteiger partial charge in [-0.05, 0) is 36.8 Å². The summed E-state index contributed by atoms with van der Waals surface area (Å²) < 4.78 is 9.83. The fourth-order valence-corrected chi connectivity index (χ4v) is 2.37. The average molecular weight is 411 g/mol. The van der Waals surface area contributed by atoms with Crippen LogP contribution in [0.2, 0.25) is 10.0 Å². The number of rotatable bonds is 6. The summed E-state index contributed by atoms with van der Waals surface area (Å²) in [4.78, 5) is 27.7. The summed E-state index contributed by atoms with van der Waals surface area (Å²) in [5.74, 6) is -0.930. The Morgan fingerprint density at radius 3 is 2.70 bits per heavy atom. The number of ether oxygens (including phenoxy) is 2. The fraction of sp³-hybridized carbons (Fsp3) is 0.167. The quantitative estimate of drug-likeness (QED) is 0.557. The Hall–Kier alpha value is -2.77. The lowest BCUT2D eigenvalue weighted by Gasteiger charge is -2.08. The Balaban J connectivity index is 1.90. The molecule has 9 heteroatoms. The zero-order valence-corrected chi connectivity index (χ0v) is 16.0. The maximum atomic E-state index is 11.9. The largest absolute Gasteiger partial charge is 0.504 e. The molecule has 0 aliphatic carbocycles. The maximum Gasteiger partial charge on any atom is 0.331 e. The van der Waals surface area contributed by atoms with E-state index >= 15 is 0 Å². The van der Waals surface area contributed by atoms with Crippen LogP contribution in [0.4, 0.5) is 5.82 Å². The highest BCUT2D eigenvalue weighted by Gasteiger charge is 2.11. The molecule has 7 nitrogen and oxygen atoms in total. The predicted octanol–water partition coefficient (Wildman–Crippen LogP) is 3.61. The van der Waals surface area contributed by atoms with Crippen LogP contribution in [0.3, 0.4) is 0 Å². The van der Waals surface area contributed by atoms with Crippen molar-refractivity contribution in [3.05, 3.63) is 51.6 Å². The molecule has 27 heavy (non-hydrogen) atoms. The van der Waals surface area contributed by atoms with Crippen LogP contribution in [0.5, 0.6) is 11.5 Å². The standard InChI is InChI=1S/C18H16Cl2N2O5/c1-10-12(19)8-13(20)18(21-10)22-16(24)9-27-17(25)6-4-11-3-5-14(23)15(7-11)26-2/h3-8,23H,9H2,1-2H3,(H,21,22,24). The average Bonchev–Trinajstić information content (AvgIpc) is 2.63. The molecule has 0 unspecified atom stereocenters. The number of nitrogens with one attached hydrogen (secondary N) is 1. The van der Waals surface area contributed by atoms with Gasteiger partial charge in [0.15, 0.2) is 23.9 Å². The molecule has 0 saturated carbocycles. The first-order chi connectivity index (χ1) is 12.8. The number of phenols is 1. The Morgan fingerprint density at radius 1 is 1.26 bits per heavy atom. The van der Waals surface area contributed by atoms with Gasteiger partial charge in [-0.2, -0.15) is 0 Å². The molecule has 2 rings (SSSR count). The van der Waals surface area contributed by atoms with Crippen LogP contribution in [0.15, 0.2) is 30.3 Å². The van der Waals surface area contributed by atoms with E-state index in [9.17, 15) is 14.7 Å². The lowest BCUT2D eigenvalue weighted by Crippen LogP contribution is -2.21. The van der Waals surface area contributed by atoms with Gasteiger partial charge >= 0.3 is 5.97 Å². The molecule has 2 N–H and O–H groups in total. The molecular formula is C18H16Cl2N2O5. The van der Waals surface area contributed by atoms with E-state index < -0.39 is 18.5 Å². The van der Waals surface area contributed by atoms with Crippen LogP contribution in [-0.4, -0.2) is 35.7 Å². The molecule has 142 valence electrons. The minimum absolute atomic E-state index is 0.0152. The van der Waals surface area contributed by atoms with E-state index in [1.165, 1.54) is 25.3 Å². The van der Waals surface area contributed by atoms with E-state index in [4.69, 9.17) is 32.7 Å². The number of pyridine rings is 1. The summed E-state index contributed by atoms with van der Waals surface area (Å²) in [6.07, 6.45) is 2.61. The number of amides is 1. The topological polar surface area (TPSA) is 97.8 Å². The Morgan fingerprint density at radius 2 is 2.00 bits per heavy atom. The van der Waals surface area contributed by atoms with Crippen LogP contribution < -0.4 is 10.1 Å². The molecule has 0 fully saturated rings. The van der Waals surface area contributed by atoms with Crippen molar-refractivity contribution < 1.29 is 24.2 Å². The summed E-state index contributed by atoms with van der Waals surface area (Å²) in [6.45, 7) is 1.15. The molecule has 1 amide bonds. The van der Waals surface area contributed by atoms with Gasteiger partial charge < -0.3 is 19.9 Å². The molecular weight excluding hydrogens is 395 g/mol. The number of methoxy groups -OCH3 is 1. The maximum absolute atomic E-state index is 11.9. The highest BCUT2D eigenvalue weighted by Crippen LogP contribution is 2.27. The van der Waals surface area contributed by atoms with Crippen molar-refractivity contribution in [3.8, 4) is 11.5 Å². The zero-order chi connectivity index (χ0) is 20.0. The SMILES string of the molecule is COc1cc(C=CC(=O)OCC(=O)Nc2nc(C)c(Cl)cc2Cl)ccc1O. The molecule has 0 saturated heterocycles. The Bertz CT molecular complexity index is 900. The number of benzene rings is 1. The minimum Gasteiger partial charge on any atom is -0.504 e. The highest BCUT2D eigenvalue weighted by atomic mass is 35.5. The number of aryl methyl sites for hydroxylation is 1. The van der Waals surface area contributed by atoms with Gasteiger partial charge in [-0.1, -0.05) is 29.3 Å². The van der Waals surface area contributed by atoms with Crippen molar-refractivity contribution in [3.63, 3.8) is 0 Å². The first-order valence-corrected chi connectivity index (χ1v) is 8.40. The van der Waals surface area contributed by atoms with Crippen molar-refractivity contribution in [1.29, 1.82) is 0 Å². The second kappa shape index (κ2) is 9.25. The van der Waals surface area contributed by atoms with E-state index in [-0.39, 0.29) is 22.3 Å². The second-order valence-electron chi connectivity index (χ2n) is 5.31. The van der Waals surface area contributed by atoms with E-state index in [2.05, 4.69) is 10.3 Å². The lowest BCUT2D eigenvalue weighted by atomic mass is 10.2. The van der Waals surface area contributed by atoms with Gasteiger partial charge in [0.25, 0.3) is 5.91 Å². The van der Waals surface area contributed by atoms with Crippen LogP contribution in [0.25, 0.3) is 6.08 Å². The fourth-order valence-electron chi connectivity index (χ4n) is 1.96.